The summed E-state index contributed by atoms with van der Waals surface area (Å²) in [5.41, 5.74) is -2.11. The summed E-state index contributed by atoms with van der Waals surface area (Å²) < 4.78 is 30.0. The monoisotopic (exact) mass is 774 g/mol. The van der Waals surface area contributed by atoms with Crippen LogP contribution in [-0.4, -0.2) is 88.5 Å². The third-order valence-corrected chi connectivity index (χ3v) is 12.0. The summed E-state index contributed by atoms with van der Waals surface area (Å²) in [6, 6.07) is 0. The molecule has 0 spiro atoms. The summed E-state index contributed by atoms with van der Waals surface area (Å²) in [6.07, 6.45) is 31.8. The second kappa shape index (κ2) is 32.1. The molecule has 1 heterocycles. The van der Waals surface area contributed by atoms with Crippen molar-refractivity contribution in [2.24, 2.45) is 0 Å². The van der Waals surface area contributed by atoms with E-state index in [4.69, 9.17) is 4.74 Å². The lowest BCUT2D eigenvalue weighted by Gasteiger charge is -2.45. The van der Waals surface area contributed by atoms with Crippen LogP contribution in [0, 0.1) is 0 Å². The standard InChI is InChI=1S/C43H83NO8S/c1-4-6-8-10-12-14-16-18-20-22-24-26-28-30-32-34-36-44(42-40(48)38(46)39(47)41(52-42)43(49)53(3,50)51)37(45)35-33-31-29-27-25-23-21-19-17-15-13-11-9-7-5-2/h19,21,38-43,46-49H,4-18,20,22-36H2,1-3H3/t38-,39-,40+,41-,42?,43-/m0/s1. The third kappa shape index (κ3) is 23.6. The average Bonchev–Trinajstić information content (AvgIpc) is 3.13. The smallest absolute Gasteiger partial charge is 0.224 e. The minimum absolute atomic E-state index is 0.238. The van der Waals surface area contributed by atoms with Crippen LogP contribution < -0.4 is 0 Å². The van der Waals surface area contributed by atoms with Gasteiger partial charge in [0.05, 0.1) is 0 Å². The number of carbonyl (C=O) groups excluding carboxylic acids is 1. The lowest BCUT2D eigenvalue weighted by atomic mass is 9.97. The zero-order valence-corrected chi connectivity index (χ0v) is 35.1. The van der Waals surface area contributed by atoms with E-state index in [9.17, 15) is 33.6 Å². The van der Waals surface area contributed by atoms with E-state index in [1.807, 2.05) is 0 Å². The van der Waals surface area contributed by atoms with E-state index < -0.39 is 45.9 Å². The summed E-state index contributed by atoms with van der Waals surface area (Å²) in [7, 11) is -4.06. The van der Waals surface area contributed by atoms with E-state index in [2.05, 4.69) is 26.0 Å². The number of nitrogens with zero attached hydrogens (tertiary/aromatic N) is 1. The Morgan fingerprint density at radius 1 is 0.585 bits per heavy atom. The second-order valence-corrected chi connectivity index (χ2v) is 18.0. The van der Waals surface area contributed by atoms with Crippen molar-refractivity contribution < 1.29 is 38.4 Å². The van der Waals surface area contributed by atoms with E-state index in [0.29, 0.717) is 12.8 Å². The predicted molar refractivity (Wildman–Crippen MR) is 218 cm³/mol. The molecule has 4 N–H and O–H groups in total. The van der Waals surface area contributed by atoms with Gasteiger partial charge in [-0.2, -0.15) is 0 Å². The number of hydrogen-bond acceptors (Lipinski definition) is 8. The van der Waals surface area contributed by atoms with Gasteiger partial charge in [-0.3, -0.25) is 4.79 Å². The average molecular weight is 774 g/mol. The van der Waals surface area contributed by atoms with Crippen molar-refractivity contribution in [1.29, 1.82) is 0 Å². The van der Waals surface area contributed by atoms with Crippen molar-refractivity contribution in [3.63, 3.8) is 0 Å². The second-order valence-electron chi connectivity index (χ2n) is 15.9. The summed E-state index contributed by atoms with van der Waals surface area (Å²) in [5, 5.41) is 42.5. The highest BCUT2D eigenvalue weighted by molar-refractivity contribution is 7.91. The normalized spacial score (nSPS) is 21.4. The third-order valence-electron chi connectivity index (χ3n) is 10.9. The number of unbranched alkanes of at least 4 members (excludes halogenated alkanes) is 26. The van der Waals surface area contributed by atoms with Crippen LogP contribution in [0.1, 0.15) is 206 Å². The molecule has 0 radical (unpaired) electrons. The van der Waals surface area contributed by atoms with Gasteiger partial charge in [-0.1, -0.05) is 174 Å². The fourth-order valence-electron chi connectivity index (χ4n) is 7.34. The number of sulfone groups is 1. The molecule has 10 heteroatoms. The topological polar surface area (TPSA) is 145 Å². The molecule has 314 valence electrons. The Kier molecular flexibility index (Phi) is 30.3. The van der Waals surface area contributed by atoms with Gasteiger partial charge < -0.3 is 30.1 Å². The summed E-state index contributed by atoms with van der Waals surface area (Å²) in [4.78, 5) is 15.0. The molecule has 1 aliphatic rings. The Balaban J connectivity index is 2.50. The first-order valence-corrected chi connectivity index (χ1v) is 24.0. The van der Waals surface area contributed by atoms with Gasteiger partial charge in [0, 0.05) is 19.2 Å². The summed E-state index contributed by atoms with van der Waals surface area (Å²) in [5.74, 6) is -0.246. The first-order valence-electron chi connectivity index (χ1n) is 22.1. The first-order chi connectivity index (χ1) is 25.6. The molecule has 0 aliphatic carbocycles. The Morgan fingerprint density at radius 3 is 1.38 bits per heavy atom. The quantitative estimate of drug-likeness (QED) is 0.0369. The molecule has 1 rings (SSSR count). The van der Waals surface area contributed by atoms with E-state index in [1.165, 1.54) is 120 Å². The number of aliphatic hydroxyl groups is 4. The number of rotatable bonds is 35. The Labute approximate surface area is 325 Å². The summed E-state index contributed by atoms with van der Waals surface area (Å²) >= 11 is 0. The van der Waals surface area contributed by atoms with Crippen LogP contribution >= 0.6 is 0 Å². The molecule has 1 aliphatic heterocycles. The molecular weight excluding hydrogens is 691 g/mol. The Bertz CT molecular complexity index is 1010. The molecule has 0 bridgehead atoms. The van der Waals surface area contributed by atoms with Crippen molar-refractivity contribution in [3.05, 3.63) is 12.2 Å². The van der Waals surface area contributed by atoms with Crippen LogP contribution in [0.3, 0.4) is 0 Å². The molecule has 9 nitrogen and oxygen atoms in total. The number of aliphatic hydroxyl groups excluding tert-OH is 4. The highest BCUT2D eigenvalue weighted by atomic mass is 32.2. The maximum Gasteiger partial charge on any atom is 0.224 e. The number of carbonyl (C=O) groups is 1. The fraction of sp³-hybridized carbons (Fsp3) is 0.930. The van der Waals surface area contributed by atoms with Crippen LogP contribution in [0.5, 0.6) is 0 Å². The molecule has 6 atom stereocenters. The van der Waals surface area contributed by atoms with Gasteiger partial charge in [-0.05, 0) is 38.5 Å². The molecule has 1 unspecified atom stereocenters. The van der Waals surface area contributed by atoms with Gasteiger partial charge >= 0.3 is 0 Å². The van der Waals surface area contributed by atoms with Crippen molar-refractivity contribution in [2.75, 3.05) is 12.8 Å². The SMILES string of the molecule is CCCCCCCCC=CCCCCCCCC(=O)N(CCCCCCCCCCCCCCCCCC)C1O[C@H]([C@@H](O)S(C)(=O)=O)[C@@H](O)[C@H](O)[C@H]1O. The molecule has 1 amide bonds. The van der Waals surface area contributed by atoms with E-state index in [-0.39, 0.29) is 18.9 Å². The van der Waals surface area contributed by atoms with Crippen molar-refractivity contribution in [3.8, 4) is 0 Å². The van der Waals surface area contributed by atoms with Crippen LogP contribution in [0.2, 0.25) is 0 Å². The molecule has 0 aromatic rings. The zero-order chi connectivity index (χ0) is 39.2. The Morgan fingerprint density at radius 2 is 0.962 bits per heavy atom. The molecule has 1 fully saturated rings. The molecular formula is C43H83NO8S. The van der Waals surface area contributed by atoms with Crippen molar-refractivity contribution in [1.82, 2.24) is 4.90 Å². The van der Waals surface area contributed by atoms with Crippen molar-refractivity contribution in [2.45, 2.75) is 243 Å². The molecule has 0 aromatic heterocycles. The van der Waals surface area contributed by atoms with Gasteiger partial charge in [0.25, 0.3) is 0 Å². The molecule has 53 heavy (non-hydrogen) atoms. The van der Waals surface area contributed by atoms with E-state index in [1.54, 1.807) is 0 Å². The van der Waals surface area contributed by atoms with Crippen LogP contribution in [0.25, 0.3) is 0 Å². The predicted octanol–water partition coefficient (Wildman–Crippen LogP) is 9.28. The highest BCUT2D eigenvalue weighted by Gasteiger charge is 2.51. The Hall–Kier alpha value is -1.04. The number of amides is 1. The maximum atomic E-state index is 13.6. The lowest BCUT2D eigenvalue weighted by molar-refractivity contribution is -0.266. The largest absolute Gasteiger partial charge is 0.387 e. The van der Waals surface area contributed by atoms with Gasteiger partial charge in [-0.25, -0.2) is 8.42 Å². The maximum absolute atomic E-state index is 13.6. The number of ether oxygens (including phenoxy) is 1. The molecule has 0 aromatic carbocycles. The summed E-state index contributed by atoms with van der Waals surface area (Å²) in [6.45, 7) is 4.77. The minimum atomic E-state index is -4.06. The lowest BCUT2D eigenvalue weighted by Crippen LogP contribution is -2.66. The highest BCUT2D eigenvalue weighted by Crippen LogP contribution is 2.28. The molecule has 1 saturated heterocycles. The van der Waals surface area contributed by atoms with Gasteiger partial charge in [0.2, 0.25) is 5.91 Å². The van der Waals surface area contributed by atoms with Gasteiger partial charge in [0.1, 0.15) is 24.4 Å². The first kappa shape index (κ1) is 50.0. The van der Waals surface area contributed by atoms with Crippen LogP contribution in [0.4, 0.5) is 0 Å². The van der Waals surface area contributed by atoms with Gasteiger partial charge in [-0.15, -0.1) is 0 Å². The van der Waals surface area contributed by atoms with Crippen molar-refractivity contribution >= 4 is 15.7 Å². The van der Waals surface area contributed by atoms with Crippen LogP contribution in [-0.2, 0) is 19.4 Å². The fourth-order valence-corrected chi connectivity index (χ4v) is 8.05. The van der Waals surface area contributed by atoms with Gasteiger partial charge in [0.15, 0.2) is 21.5 Å². The number of allylic oxidation sites excluding steroid dienone is 2. The van der Waals surface area contributed by atoms with E-state index >= 15 is 0 Å². The van der Waals surface area contributed by atoms with E-state index in [0.717, 1.165) is 64.0 Å². The zero-order valence-electron chi connectivity index (χ0n) is 34.3. The minimum Gasteiger partial charge on any atom is -0.387 e. The molecule has 0 saturated carbocycles. The van der Waals surface area contributed by atoms with Crippen LogP contribution in [0.15, 0.2) is 12.2 Å². The number of hydrogen-bond donors (Lipinski definition) is 4.